The second-order valence-corrected chi connectivity index (χ2v) is 3.09. The van der Waals surface area contributed by atoms with E-state index in [0.29, 0.717) is 12.1 Å². The third-order valence-electron chi connectivity index (χ3n) is 2.41. The van der Waals surface area contributed by atoms with Gasteiger partial charge in [-0.2, -0.15) is 0 Å². The molecule has 2 heteroatoms. The molecule has 0 spiro atoms. The van der Waals surface area contributed by atoms with Crippen molar-refractivity contribution in [2.24, 2.45) is 11.7 Å². The molecule has 9 heavy (non-hydrogen) atoms. The van der Waals surface area contributed by atoms with E-state index in [4.69, 9.17) is 5.73 Å². The van der Waals surface area contributed by atoms with E-state index >= 15 is 0 Å². The van der Waals surface area contributed by atoms with Crippen LogP contribution in [0, 0.1) is 5.92 Å². The fourth-order valence-corrected chi connectivity index (χ4v) is 1.78. The zero-order valence-corrected chi connectivity index (χ0v) is 5.59. The molecule has 1 saturated carbocycles. The van der Waals surface area contributed by atoms with Crippen molar-refractivity contribution in [1.29, 1.82) is 0 Å². The quantitative estimate of drug-likeness (QED) is 0.484. The summed E-state index contributed by atoms with van der Waals surface area (Å²) in [5, 5.41) is 3.20. The Labute approximate surface area is 55.1 Å². The van der Waals surface area contributed by atoms with E-state index in [-0.39, 0.29) is 0 Å². The monoisotopic (exact) mass is 124 g/mol. The summed E-state index contributed by atoms with van der Waals surface area (Å²) >= 11 is 0. The first-order chi connectivity index (χ1) is 4.29. The first-order valence-electron chi connectivity index (χ1n) is 3.50. The van der Waals surface area contributed by atoms with Gasteiger partial charge in [-0.15, -0.1) is 0 Å². The Morgan fingerprint density at radius 2 is 2.56 bits per heavy atom. The van der Waals surface area contributed by atoms with Gasteiger partial charge in [-0.3, -0.25) is 0 Å². The van der Waals surface area contributed by atoms with E-state index < -0.39 is 0 Å². The first kappa shape index (κ1) is 5.30. The summed E-state index contributed by atoms with van der Waals surface area (Å²) in [6, 6.07) is 0.903. The van der Waals surface area contributed by atoms with Crippen molar-refractivity contribution in [2.45, 2.75) is 25.4 Å². The second-order valence-electron chi connectivity index (χ2n) is 3.09. The molecule has 1 aliphatic heterocycles. The van der Waals surface area contributed by atoms with Crippen LogP contribution in [0.5, 0.6) is 0 Å². The zero-order chi connectivity index (χ0) is 6.43. The normalized spacial score (nSPS) is 46.9. The Balaban J connectivity index is 2.22. The molecule has 50 valence electrons. The average Bonchev–Trinajstić information content (AvgIpc) is 1.73. The predicted molar refractivity (Wildman–Crippen MR) is 36.8 cm³/mol. The Morgan fingerprint density at radius 1 is 1.78 bits per heavy atom. The lowest BCUT2D eigenvalue weighted by molar-refractivity contribution is 0.541. The van der Waals surface area contributed by atoms with Crippen molar-refractivity contribution in [1.82, 2.24) is 5.32 Å². The maximum absolute atomic E-state index is 5.81. The SMILES string of the molecule is CC1C[C@H](N)[C@@H]2NC=C12. The molecule has 2 aliphatic rings. The molecule has 0 radical (unpaired) electrons. The van der Waals surface area contributed by atoms with Crippen molar-refractivity contribution in [2.75, 3.05) is 0 Å². The number of rotatable bonds is 0. The zero-order valence-electron chi connectivity index (χ0n) is 5.59. The molecule has 0 aromatic heterocycles. The van der Waals surface area contributed by atoms with Crippen LogP contribution in [0.15, 0.2) is 11.8 Å². The lowest BCUT2D eigenvalue weighted by Crippen LogP contribution is -2.45. The molecule has 1 fully saturated rings. The molecule has 1 unspecified atom stereocenters. The van der Waals surface area contributed by atoms with Crippen molar-refractivity contribution in [3.63, 3.8) is 0 Å². The van der Waals surface area contributed by atoms with E-state index in [1.807, 2.05) is 0 Å². The molecule has 1 heterocycles. The second kappa shape index (κ2) is 1.51. The summed E-state index contributed by atoms with van der Waals surface area (Å²) in [6.45, 7) is 2.24. The lowest BCUT2D eigenvalue weighted by Gasteiger charge is -2.26. The molecule has 0 aromatic rings. The van der Waals surface area contributed by atoms with Crippen molar-refractivity contribution in [3.8, 4) is 0 Å². The molecule has 0 amide bonds. The van der Waals surface area contributed by atoms with E-state index in [9.17, 15) is 0 Å². The van der Waals surface area contributed by atoms with Crippen LogP contribution in [0.3, 0.4) is 0 Å². The third-order valence-corrected chi connectivity index (χ3v) is 2.41. The minimum atomic E-state index is 0.375. The third kappa shape index (κ3) is 0.540. The first-order valence-corrected chi connectivity index (χ1v) is 3.50. The summed E-state index contributed by atoms with van der Waals surface area (Å²) in [5.74, 6) is 0.728. The minimum Gasteiger partial charge on any atom is -0.383 e. The molecule has 3 atom stereocenters. The van der Waals surface area contributed by atoms with Crippen LogP contribution in [0.2, 0.25) is 0 Å². The van der Waals surface area contributed by atoms with Crippen LogP contribution in [0.4, 0.5) is 0 Å². The van der Waals surface area contributed by atoms with Crippen LogP contribution in [-0.2, 0) is 0 Å². The van der Waals surface area contributed by atoms with Crippen molar-refractivity contribution < 1.29 is 0 Å². The van der Waals surface area contributed by atoms with E-state index in [0.717, 1.165) is 12.3 Å². The smallest absolute Gasteiger partial charge is 0.0639 e. The molecule has 0 aromatic carbocycles. The Kier molecular flexibility index (Phi) is 0.887. The fourth-order valence-electron chi connectivity index (χ4n) is 1.78. The fraction of sp³-hybridized carbons (Fsp3) is 0.714. The largest absolute Gasteiger partial charge is 0.383 e. The van der Waals surface area contributed by atoms with Gasteiger partial charge in [0.25, 0.3) is 0 Å². The van der Waals surface area contributed by atoms with E-state index in [1.165, 1.54) is 5.57 Å². The number of hydrogen-bond acceptors (Lipinski definition) is 2. The van der Waals surface area contributed by atoms with Gasteiger partial charge in [0.15, 0.2) is 0 Å². The van der Waals surface area contributed by atoms with Gasteiger partial charge in [-0.25, -0.2) is 0 Å². The lowest BCUT2D eigenvalue weighted by atomic mass is 10.00. The highest BCUT2D eigenvalue weighted by Crippen LogP contribution is 2.34. The number of nitrogens with two attached hydrogens (primary N) is 1. The molecule has 1 aliphatic carbocycles. The number of nitrogens with one attached hydrogen (secondary N) is 1. The highest BCUT2D eigenvalue weighted by molar-refractivity contribution is 5.30. The highest BCUT2D eigenvalue weighted by atomic mass is 15.0. The maximum Gasteiger partial charge on any atom is 0.0639 e. The molecular formula is C7H12N2. The van der Waals surface area contributed by atoms with Crippen LogP contribution in [-0.4, -0.2) is 12.1 Å². The van der Waals surface area contributed by atoms with Gasteiger partial charge >= 0.3 is 0 Å². The Morgan fingerprint density at radius 3 is 2.78 bits per heavy atom. The van der Waals surface area contributed by atoms with Crippen LogP contribution >= 0.6 is 0 Å². The van der Waals surface area contributed by atoms with Gasteiger partial charge in [0.05, 0.1) is 6.04 Å². The minimum absolute atomic E-state index is 0.375. The van der Waals surface area contributed by atoms with Gasteiger partial charge in [-0.1, -0.05) is 6.92 Å². The van der Waals surface area contributed by atoms with Crippen molar-refractivity contribution >= 4 is 0 Å². The summed E-state index contributed by atoms with van der Waals surface area (Å²) in [7, 11) is 0. The van der Waals surface area contributed by atoms with Crippen LogP contribution in [0.25, 0.3) is 0 Å². The van der Waals surface area contributed by atoms with Crippen LogP contribution in [0.1, 0.15) is 13.3 Å². The van der Waals surface area contributed by atoms with E-state index in [1.54, 1.807) is 0 Å². The van der Waals surface area contributed by atoms with Gasteiger partial charge < -0.3 is 11.1 Å². The molecule has 2 rings (SSSR count). The highest BCUT2D eigenvalue weighted by Gasteiger charge is 2.37. The maximum atomic E-state index is 5.81. The van der Waals surface area contributed by atoms with Gasteiger partial charge in [-0.05, 0) is 24.1 Å². The van der Waals surface area contributed by atoms with Crippen molar-refractivity contribution in [3.05, 3.63) is 11.8 Å². The summed E-state index contributed by atoms with van der Waals surface area (Å²) in [6.07, 6.45) is 3.26. The van der Waals surface area contributed by atoms with Gasteiger partial charge in [0, 0.05) is 6.04 Å². The Hall–Kier alpha value is -0.500. The van der Waals surface area contributed by atoms with E-state index in [2.05, 4.69) is 18.4 Å². The molecule has 2 nitrogen and oxygen atoms in total. The predicted octanol–water partition coefficient (Wildman–Crippen LogP) is 0.209. The van der Waals surface area contributed by atoms with Gasteiger partial charge in [0.1, 0.15) is 0 Å². The molecule has 3 N–H and O–H groups in total. The molecule has 0 bridgehead atoms. The topological polar surface area (TPSA) is 38.0 Å². The summed E-state index contributed by atoms with van der Waals surface area (Å²) in [4.78, 5) is 0. The Bertz CT molecular complexity index is 162. The van der Waals surface area contributed by atoms with Crippen LogP contribution < -0.4 is 11.1 Å². The van der Waals surface area contributed by atoms with Gasteiger partial charge in [0.2, 0.25) is 0 Å². The number of hydrogen-bond donors (Lipinski definition) is 2. The molecule has 0 saturated heterocycles. The average molecular weight is 124 g/mol. The molecular weight excluding hydrogens is 112 g/mol. The summed E-state index contributed by atoms with van der Waals surface area (Å²) < 4.78 is 0. The summed E-state index contributed by atoms with van der Waals surface area (Å²) in [5.41, 5.74) is 7.34. The number of fused-ring (bicyclic) bond motifs is 1. The standard InChI is InChI=1S/C7H12N2/c1-4-2-6(8)7-5(4)3-9-7/h3-4,6-7,9H,2,8H2,1H3/t4?,6-,7+/m0/s1.